The van der Waals surface area contributed by atoms with E-state index in [-0.39, 0.29) is 0 Å². The molecule has 0 unspecified atom stereocenters. The van der Waals surface area contributed by atoms with Crippen LogP contribution in [0.3, 0.4) is 0 Å². The van der Waals surface area contributed by atoms with Gasteiger partial charge in [-0.15, -0.1) is 0 Å². The van der Waals surface area contributed by atoms with Gasteiger partial charge in [0.15, 0.2) is 0 Å². The SMILES string of the molecule is CO[C@]1(c2ccccc2)c2ccccc2CCC[C@@H]1F. The number of fused-ring (bicyclic) bond motifs is 1. The Morgan fingerprint density at radius 1 is 1.05 bits per heavy atom. The molecule has 0 saturated heterocycles. The zero-order chi connectivity index (χ0) is 14.0. The van der Waals surface area contributed by atoms with Crippen molar-refractivity contribution < 1.29 is 9.13 Å². The van der Waals surface area contributed by atoms with Gasteiger partial charge in [-0.2, -0.15) is 0 Å². The van der Waals surface area contributed by atoms with E-state index in [9.17, 15) is 0 Å². The Balaban J connectivity index is 2.26. The third kappa shape index (κ3) is 1.95. The first-order valence-corrected chi connectivity index (χ1v) is 7.12. The van der Waals surface area contributed by atoms with Gasteiger partial charge >= 0.3 is 0 Å². The first-order chi connectivity index (χ1) is 9.79. The molecule has 0 radical (unpaired) electrons. The number of hydrogen-bond donors (Lipinski definition) is 0. The van der Waals surface area contributed by atoms with Gasteiger partial charge < -0.3 is 4.74 Å². The molecule has 0 fully saturated rings. The van der Waals surface area contributed by atoms with Gasteiger partial charge in [0.2, 0.25) is 0 Å². The maximum absolute atomic E-state index is 15.0. The predicted octanol–water partition coefficient (Wildman–Crippen LogP) is 4.25. The molecule has 2 heteroatoms. The van der Waals surface area contributed by atoms with Crippen LogP contribution in [0.2, 0.25) is 0 Å². The molecule has 0 heterocycles. The largest absolute Gasteiger partial charge is 0.366 e. The normalized spacial score (nSPS) is 25.8. The molecule has 3 rings (SSSR count). The Morgan fingerprint density at radius 2 is 1.75 bits per heavy atom. The van der Waals surface area contributed by atoms with E-state index in [2.05, 4.69) is 6.07 Å². The van der Waals surface area contributed by atoms with Crippen molar-refractivity contribution in [2.45, 2.75) is 31.0 Å². The first-order valence-electron chi connectivity index (χ1n) is 7.12. The van der Waals surface area contributed by atoms with Crippen molar-refractivity contribution in [1.29, 1.82) is 0 Å². The second-order valence-corrected chi connectivity index (χ2v) is 5.32. The Kier molecular flexibility index (Phi) is 3.58. The summed E-state index contributed by atoms with van der Waals surface area (Å²) < 4.78 is 20.8. The highest BCUT2D eigenvalue weighted by Gasteiger charge is 2.45. The summed E-state index contributed by atoms with van der Waals surface area (Å²) in [7, 11) is 1.61. The summed E-state index contributed by atoms with van der Waals surface area (Å²) >= 11 is 0. The molecule has 1 aliphatic carbocycles. The highest BCUT2D eigenvalue weighted by molar-refractivity contribution is 5.43. The van der Waals surface area contributed by atoms with E-state index in [0.29, 0.717) is 6.42 Å². The lowest BCUT2D eigenvalue weighted by Gasteiger charge is -2.36. The molecule has 0 aromatic heterocycles. The van der Waals surface area contributed by atoms with Gasteiger partial charge in [-0.05, 0) is 36.0 Å². The van der Waals surface area contributed by atoms with E-state index in [0.717, 1.165) is 24.0 Å². The van der Waals surface area contributed by atoms with Crippen LogP contribution in [0.5, 0.6) is 0 Å². The number of aryl methyl sites for hydroxylation is 1. The van der Waals surface area contributed by atoms with Crippen LogP contribution < -0.4 is 0 Å². The van der Waals surface area contributed by atoms with Crippen molar-refractivity contribution in [3.63, 3.8) is 0 Å². The molecule has 0 spiro atoms. The third-order valence-electron chi connectivity index (χ3n) is 4.29. The van der Waals surface area contributed by atoms with Gasteiger partial charge in [0.05, 0.1) is 0 Å². The van der Waals surface area contributed by atoms with Crippen LogP contribution in [0.25, 0.3) is 0 Å². The zero-order valence-corrected chi connectivity index (χ0v) is 11.7. The molecule has 0 N–H and O–H groups in total. The lowest BCUT2D eigenvalue weighted by atomic mass is 9.80. The number of halogens is 1. The van der Waals surface area contributed by atoms with Crippen LogP contribution in [0.15, 0.2) is 54.6 Å². The second kappa shape index (κ2) is 5.37. The van der Waals surface area contributed by atoms with Gasteiger partial charge in [-0.1, -0.05) is 54.6 Å². The fourth-order valence-electron chi connectivity index (χ4n) is 3.32. The lowest BCUT2D eigenvalue weighted by Crippen LogP contribution is -2.40. The average Bonchev–Trinajstić information content (AvgIpc) is 2.65. The van der Waals surface area contributed by atoms with E-state index in [1.807, 2.05) is 48.5 Å². The number of ether oxygens (including phenoxy) is 1. The van der Waals surface area contributed by atoms with Crippen molar-refractivity contribution >= 4 is 0 Å². The van der Waals surface area contributed by atoms with Crippen molar-refractivity contribution in [1.82, 2.24) is 0 Å². The van der Waals surface area contributed by atoms with Gasteiger partial charge in [0.25, 0.3) is 0 Å². The highest BCUT2D eigenvalue weighted by atomic mass is 19.1. The first kappa shape index (κ1) is 13.3. The summed E-state index contributed by atoms with van der Waals surface area (Å²) in [5.74, 6) is 0. The lowest BCUT2D eigenvalue weighted by molar-refractivity contribution is -0.0450. The molecule has 0 amide bonds. The summed E-state index contributed by atoms with van der Waals surface area (Å²) in [4.78, 5) is 0. The highest BCUT2D eigenvalue weighted by Crippen LogP contribution is 2.43. The molecule has 2 atom stereocenters. The average molecular weight is 270 g/mol. The van der Waals surface area contributed by atoms with Crippen LogP contribution in [-0.2, 0) is 16.8 Å². The van der Waals surface area contributed by atoms with E-state index in [4.69, 9.17) is 4.74 Å². The molecule has 20 heavy (non-hydrogen) atoms. The summed E-state index contributed by atoms with van der Waals surface area (Å²) in [6.45, 7) is 0. The molecule has 1 nitrogen and oxygen atoms in total. The van der Waals surface area contributed by atoms with E-state index < -0.39 is 11.8 Å². The van der Waals surface area contributed by atoms with Crippen LogP contribution in [0.4, 0.5) is 4.39 Å². The number of alkyl halides is 1. The minimum Gasteiger partial charge on any atom is -0.366 e. The van der Waals surface area contributed by atoms with E-state index >= 15 is 4.39 Å². The molecule has 2 aromatic carbocycles. The number of benzene rings is 2. The standard InChI is InChI=1S/C18H19FO/c1-20-18(15-10-3-2-4-11-15)16-12-6-5-8-14(16)9-7-13-17(18)19/h2-6,8,10-12,17H,7,9,13H2,1H3/t17-,18+/m0/s1. The van der Waals surface area contributed by atoms with Crippen molar-refractivity contribution in [3.05, 3.63) is 71.3 Å². The topological polar surface area (TPSA) is 9.23 Å². The summed E-state index contributed by atoms with van der Waals surface area (Å²) in [5, 5.41) is 0. The minimum absolute atomic E-state index is 0.525. The zero-order valence-electron chi connectivity index (χ0n) is 11.7. The number of hydrogen-bond acceptors (Lipinski definition) is 1. The van der Waals surface area contributed by atoms with E-state index in [1.165, 1.54) is 5.56 Å². The van der Waals surface area contributed by atoms with Crippen molar-refractivity contribution in [3.8, 4) is 0 Å². The Hall–Kier alpha value is -1.67. The molecule has 0 saturated carbocycles. The van der Waals surface area contributed by atoms with Gasteiger partial charge in [-0.25, -0.2) is 4.39 Å². The smallest absolute Gasteiger partial charge is 0.149 e. The maximum atomic E-state index is 15.0. The molecule has 0 bridgehead atoms. The number of rotatable bonds is 2. The Morgan fingerprint density at radius 3 is 2.50 bits per heavy atom. The fraction of sp³-hybridized carbons (Fsp3) is 0.333. The van der Waals surface area contributed by atoms with Crippen molar-refractivity contribution in [2.75, 3.05) is 7.11 Å². The van der Waals surface area contributed by atoms with Crippen LogP contribution in [-0.4, -0.2) is 13.3 Å². The Labute approximate surface area is 119 Å². The Bertz CT molecular complexity index is 581. The number of methoxy groups -OCH3 is 1. The van der Waals surface area contributed by atoms with Gasteiger partial charge in [0, 0.05) is 7.11 Å². The van der Waals surface area contributed by atoms with E-state index in [1.54, 1.807) is 7.11 Å². The molecule has 2 aromatic rings. The van der Waals surface area contributed by atoms with Crippen LogP contribution in [0.1, 0.15) is 29.5 Å². The minimum atomic E-state index is -1.03. The molecule has 1 aliphatic rings. The fourth-order valence-corrected chi connectivity index (χ4v) is 3.32. The predicted molar refractivity (Wildman–Crippen MR) is 78.5 cm³/mol. The molecule has 0 aliphatic heterocycles. The third-order valence-corrected chi connectivity index (χ3v) is 4.29. The monoisotopic (exact) mass is 270 g/mol. The van der Waals surface area contributed by atoms with Crippen LogP contribution >= 0.6 is 0 Å². The quantitative estimate of drug-likeness (QED) is 0.741. The van der Waals surface area contributed by atoms with Gasteiger partial charge in [-0.3, -0.25) is 0 Å². The molecular weight excluding hydrogens is 251 g/mol. The summed E-state index contributed by atoms with van der Waals surface area (Å²) in [6.07, 6.45) is 1.26. The van der Waals surface area contributed by atoms with Crippen LogP contribution in [0, 0.1) is 0 Å². The molecule has 104 valence electrons. The summed E-state index contributed by atoms with van der Waals surface area (Å²) in [6, 6.07) is 17.8. The summed E-state index contributed by atoms with van der Waals surface area (Å²) in [5.41, 5.74) is 2.08. The second-order valence-electron chi connectivity index (χ2n) is 5.32. The molecular formula is C18H19FO. The van der Waals surface area contributed by atoms with Crippen molar-refractivity contribution in [2.24, 2.45) is 0 Å². The maximum Gasteiger partial charge on any atom is 0.149 e. The van der Waals surface area contributed by atoms with Gasteiger partial charge in [0.1, 0.15) is 11.8 Å².